The highest BCUT2D eigenvalue weighted by atomic mass is 15.8. The zero-order valence-corrected chi connectivity index (χ0v) is 34.6. The molecule has 0 rings (SSSR count). The minimum atomic E-state index is 2.50. The Morgan fingerprint density at radius 1 is 0.104 bits per heavy atom. The highest BCUT2D eigenvalue weighted by Gasteiger charge is 1.77. The van der Waals surface area contributed by atoms with Gasteiger partial charge in [0.05, 0.1) is 0 Å². The van der Waals surface area contributed by atoms with Crippen LogP contribution in [0.3, 0.4) is 0 Å². The molecule has 0 unspecified atom stereocenters. The lowest BCUT2D eigenvalue weighted by atomic mass is 12.3. The Bertz CT molecular complexity index is 2690. The molecule has 0 aliphatic rings. The van der Waals surface area contributed by atoms with Crippen LogP contribution in [0.1, 0.15) is 0 Å². The first-order chi connectivity index (χ1) is 38.4. The van der Waals surface area contributed by atoms with Crippen molar-refractivity contribution < 1.29 is 0 Å². The number of hydrogen-bond acceptors (Lipinski definition) is 2. The van der Waals surface area contributed by atoms with E-state index in [2.05, 4.69) is 398 Å². The summed E-state index contributed by atoms with van der Waals surface area (Å²) in [5.74, 6) is 4.63. The summed E-state index contributed by atoms with van der Waals surface area (Å²) in [4.78, 5) is 0. The number of nitrogens with two attached hydrogens (primary N) is 1. The molecule has 0 aromatic rings. The number of hydrogen-bond donors (Lipinski definition) is 2. The number of nitrogens with one attached hydrogen (secondary N) is 1. The average molecular weight is 1080 g/mol. The Balaban J connectivity index is 4.10. The molecule has 0 aromatic heterocycles. The molecule has 388 valence electrons. The van der Waals surface area contributed by atoms with Crippen molar-refractivity contribution in [3.05, 3.63) is 0 Å². The van der Waals surface area contributed by atoms with Crippen LogP contribution in [0.5, 0.6) is 0 Å². The number of nitrogens with zero attached hydrogens (tertiary/aromatic N) is 75. The van der Waals surface area contributed by atoms with Crippen LogP contribution in [0, 0.1) is 5.53 Å². The van der Waals surface area contributed by atoms with Gasteiger partial charge >= 0.3 is 0 Å². The van der Waals surface area contributed by atoms with E-state index in [1.54, 1.807) is 0 Å². The Kier molecular flexibility index (Phi) is 48.5. The Labute approximate surface area is 403 Å². The topological polar surface area (TPSA) is 977 Å². The Morgan fingerprint density at radius 2 is 0.169 bits per heavy atom. The van der Waals surface area contributed by atoms with Crippen LogP contribution in [0.4, 0.5) is 0 Å². The molecule has 3 N–H and O–H groups in total. The van der Waals surface area contributed by atoms with E-state index in [9.17, 15) is 0 Å². The molecule has 0 fully saturated rings. The molecule has 77 heteroatoms. The lowest BCUT2D eigenvalue weighted by Crippen LogP contribution is -1.70. The van der Waals surface area contributed by atoms with Gasteiger partial charge < -0.3 is 5.84 Å². The summed E-state index contributed by atoms with van der Waals surface area (Å²) >= 11 is 0. The van der Waals surface area contributed by atoms with Gasteiger partial charge in [-0.2, -0.15) is 5.53 Å². The third-order valence-electron chi connectivity index (χ3n) is 2.98. The number of rotatable bonds is 37. The Hall–Kier alpha value is -15.4. The predicted octanol–water partition coefficient (Wildman–Crippen LogP) is 13.5. The SMILES string of the molecule is N=N/N=N/N=N/N=N/N=N/N=N/N=N/N=N/N=N/N=N/N=N/N=N/N=N/N=N/N=N/N=N/N=N/N=N/N=N/N=N/N=N/N=N/N=N/N=N/N=N/N=N/N=N/N=N/N=N/N=N/N=N/N=N/N=N/N=N/N=N/N=N/N=N/N=N/N. The highest BCUT2D eigenvalue weighted by Crippen LogP contribution is 1.96. The first kappa shape index (κ1) is 61.6. The van der Waals surface area contributed by atoms with E-state index in [-0.39, 0.29) is 0 Å². The van der Waals surface area contributed by atoms with Gasteiger partial charge in [-0.05, 0) is 78.3 Å². The second-order valence-electron chi connectivity index (χ2n) is 6.74. The zero-order chi connectivity index (χ0) is 55.0. The van der Waals surface area contributed by atoms with Gasteiger partial charge in [0.1, 0.15) is 0 Å². The summed E-state index contributed by atoms with van der Waals surface area (Å²) in [7, 11) is 0. The van der Waals surface area contributed by atoms with E-state index in [1.165, 1.54) is 0 Å². The molecule has 0 aliphatic carbocycles. The first-order valence-corrected chi connectivity index (χ1v) is 15.3. The normalized spacial score (nSPS) is 15.5. The third kappa shape index (κ3) is 60.6. The fourth-order valence-electron chi connectivity index (χ4n) is 1.31. The third-order valence-corrected chi connectivity index (χ3v) is 2.98. The second-order valence-corrected chi connectivity index (χ2v) is 6.74. The minimum Gasteiger partial charge on any atom is -0.303 e. The van der Waals surface area contributed by atoms with E-state index in [4.69, 9.17) is 5.53 Å². The van der Waals surface area contributed by atoms with Gasteiger partial charge in [-0.15, -0.1) is 0 Å². The quantitative estimate of drug-likeness (QED) is 0.0342. The predicted molar refractivity (Wildman–Crippen MR) is 189 cm³/mol. The van der Waals surface area contributed by atoms with Crippen molar-refractivity contribution in [2.75, 3.05) is 0 Å². The Morgan fingerprint density at radius 3 is 0.234 bits per heavy atom. The molecule has 0 saturated carbocycles. The lowest BCUT2D eigenvalue weighted by molar-refractivity contribution is 0.723. The molecular weight excluding hydrogens is 1080 g/mol. The van der Waals surface area contributed by atoms with E-state index >= 15 is 0 Å². The average Bonchev–Trinajstić information content (AvgIpc) is 3.44. The summed E-state index contributed by atoms with van der Waals surface area (Å²) in [5.41, 5.74) is 6.26. The molecule has 77 nitrogen and oxygen atoms in total. The van der Waals surface area contributed by atoms with Crippen molar-refractivity contribution in [2.45, 2.75) is 0 Å². The standard InChI is InChI=1S/H3N77/c1-3-5-7-9-11-13-15-17-19-21-23-25-27-29-31-33-35-37-39-41-43-45-47-49-51-53-55-57-59-61-63-65-67-69-71-73-75-77-76-74-72-70-68-66-64-62-60-58-56-54-52-50-48-46-44-42-40-38-36-34-32-30-28-26-24-22-20-18-16-14-12-10-8-6-4-2/h(H3,1,2,5,6,9,10,13,14,17,18,21,22,25,26,29,30,33,34,37,38,41,42,45,46,49,50,53,54,57,58,61,62,65,66,69,70,73,74,77). The van der Waals surface area contributed by atoms with Gasteiger partial charge in [0.2, 0.25) is 0 Å². The van der Waals surface area contributed by atoms with Crippen LogP contribution in [-0.4, -0.2) is 0 Å². The lowest BCUT2D eigenvalue weighted by Gasteiger charge is -1.70. The molecule has 0 aromatic carbocycles. The monoisotopic (exact) mass is 1080 g/mol. The van der Waals surface area contributed by atoms with Crippen molar-refractivity contribution in [3.63, 3.8) is 0 Å². The van der Waals surface area contributed by atoms with Crippen molar-refractivity contribution in [3.8, 4) is 0 Å². The zero-order valence-electron chi connectivity index (χ0n) is 34.6. The van der Waals surface area contributed by atoms with E-state index in [0.29, 0.717) is 0 Å². The second kappa shape index (κ2) is 60.6. The maximum absolute atomic E-state index is 6.26. The minimum absolute atomic E-state index is 2.50. The van der Waals surface area contributed by atoms with Gasteiger partial charge in [-0.3, -0.25) is 0 Å². The van der Waals surface area contributed by atoms with Crippen LogP contribution in [0.2, 0.25) is 0 Å². The van der Waals surface area contributed by atoms with Crippen molar-refractivity contribution in [1.82, 2.24) is 0 Å². The van der Waals surface area contributed by atoms with Crippen molar-refractivity contribution in [1.29, 1.82) is 5.53 Å². The molecular formula is H3N77. The molecule has 0 atom stereocenters. The molecule has 77 heavy (non-hydrogen) atoms. The van der Waals surface area contributed by atoms with Gasteiger partial charge in [0.25, 0.3) is 0 Å². The van der Waals surface area contributed by atoms with E-state index in [0.717, 1.165) is 0 Å². The molecule has 0 amide bonds. The smallest absolute Gasteiger partial charge is 0 e. The van der Waals surface area contributed by atoms with Crippen molar-refractivity contribution in [2.24, 2.45) is 398 Å². The van der Waals surface area contributed by atoms with E-state index in [1.807, 2.05) is 0 Å². The van der Waals surface area contributed by atoms with Crippen molar-refractivity contribution >= 4 is 0 Å². The fourth-order valence-corrected chi connectivity index (χ4v) is 1.31. The summed E-state index contributed by atoms with van der Waals surface area (Å²) in [6.07, 6.45) is 0. The summed E-state index contributed by atoms with van der Waals surface area (Å²) in [6, 6.07) is 0. The summed E-state index contributed by atoms with van der Waals surface area (Å²) < 4.78 is 0. The molecule has 0 saturated heterocycles. The van der Waals surface area contributed by atoms with Gasteiger partial charge in [-0.25, -0.2) is 0 Å². The highest BCUT2D eigenvalue weighted by molar-refractivity contribution is 4.20. The maximum atomic E-state index is 6.26. The van der Waals surface area contributed by atoms with Gasteiger partial charge in [0, 0.05) is 308 Å². The maximum Gasteiger partial charge on any atom is 0 e. The van der Waals surface area contributed by atoms with Crippen LogP contribution in [0.25, 0.3) is 0 Å². The molecule has 0 radical (unpaired) electrons. The molecule has 0 spiro atoms. The molecule has 0 bridgehead atoms. The van der Waals surface area contributed by atoms with Crippen LogP contribution in [-0.2, 0) is 0 Å². The fraction of sp³-hybridized carbons (Fsp3) is 0. The van der Waals surface area contributed by atoms with Crippen LogP contribution >= 0.6 is 0 Å². The summed E-state index contributed by atoms with van der Waals surface area (Å²) in [5, 5.41) is 223. The van der Waals surface area contributed by atoms with Crippen LogP contribution < -0.4 is 5.84 Å². The summed E-state index contributed by atoms with van der Waals surface area (Å²) in [6.45, 7) is 0. The van der Waals surface area contributed by atoms with E-state index < -0.39 is 0 Å². The van der Waals surface area contributed by atoms with Gasteiger partial charge in [-0.1, -0.05) is 5.22 Å². The van der Waals surface area contributed by atoms with Gasteiger partial charge in [0.15, 0.2) is 0 Å². The van der Waals surface area contributed by atoms with Crippen LogP contribution in [0.15, 0.2) is 392 Å². The first-order valence-electron chi connectivity index (χ1n) is 15.3. The molecule has 0 aliphatic heterocycles. The largest absolute Gasteiger partial charge is 0.303 e. The molecule has 0 heterocycles.